The Bertz CT molecular complexity index is 516. The van der Waals surface area contributed by atoms with Gasteiger partial charge in [-0.25, -0.2) is 4.79 Å². The molecule has 0 saturated carbocycles. The average Bonchev–Trinajstić information content (AvgIpc) is 2.36. The van der Waals surface area contributed by atoms with E-state index in [1.165, 1.54) is 21.4 Å². The first-order valence-corrected chi connectivity index (χ1v) is 6.11. The summed E-state index contributed by atoms with van der Waals surface area (Å²) in [6.45, 7) is 2.83. The Labute approximate surface area is 105 Å². The summed E-state index contributed by atoms with van der Waals surface area (Å²) < 4.78 is 2.69. The highest BCUT2D eigenvalue weighted by Gasteiger charge is 2.05. The SMILES string of the molecule is CCCn1ccc(=O)n(CCCC(=O)NC)c1=O. The fourth-order valence-electron chi connectivity index (χ4n) is 1.70. The monoisotopic (exact) mass is 253 g/mol. The fourth-order valence-corrected chi connectivity index (χ4v) is 1.70. The quantitative estimate of drug-likeness (QED) is 0.772. The maximum Gasteiger partial charge on any atom is 0.330 e. The van der Waals surface area contributed by atoms with E-state index in [0.717, 1.165) is 6.42 Å². The second-order valence-corrected chi connectivity index (χ2v) is 4.06. The Hall–Kier alpha value is -1.85. The standard InChI is InChI=1S/C12H19N3O3/c1-3-7-14-9-6-11(17)15(12(14)18)8-4-5-10(16)13-2/h6,9H,3-5,7-8H2,1-2H3,(H,13,16). The number of carbonyl (C=O) groups is 1. The van der Waals surface area contributed by atoms with E-state index in [4.69, 9.17) is 0 Å². The Morgan fingerprint density at radius 3 is 2.67 bits per heavy atom. The molecule has 1 amide bonds. The van der Waals surface area contributed by atoms with Gasteiger partial charge in [-0.3, -0.25) is 14.2 Å². The number of hydrogen-bond acceptors (Lipinski definition) is 3. The van der Waals surface area contributed by atoms with Crippen LogP contribution in [-0.2, 0) is 17.9 Å². The molecule has 1 aromatic heterocycles. The molecule has 0 atom stereocenters. The fraction of sp³-hybridized carbons (Fsp3) is 0.583. The first-order valence-electron chi connectivity index (χ1n) is 6.11. The van der Waals surface area contributed by atoms with Crippen molar-refractivity contribution in [2.45, 2.75) is 39.3 Å². The van der Waals surface area contributed by atoms with Gasteiger partial charge in [0.1, 0.15) is 0 Å². The molecule has 1 aromatic rings. The average molecular weight is 253 g/mol. The van der Waals surface area contributed by atoms with Crippen LogP contribution in [0.3, 0.4) is 0 Å². The Morgan fingerprint density at radius 2 is 2.06 bits per heavy atom. The number of amides is 1. The Kier molecular flexibility index (Phi) is 5.35. The molecule has 0 aliphatic rings. The van der Waals surface area contributed by atoms with Gasteiger partial charge >= 0.3 is 5.69 Å². The van der Waals surface area contributed by atoms with Crippen molar-refractivity contribution in [3.63, 3.8) is 0 Å². The molecule has 0 bridgehead atoms. The predicted octanol–water partition coefficient (Wildman–Crippen LogP) is -0.0538. The molecule has 100 valence electrons. The van der Waals surface area contributed by atoms with Crippen LogP contribution >= 0.6 is 0 Å². The van der Waals surface area contributed by atoms with Gasteiger partial charge in [0.2, 0.25) is 5.91 Å². The van der Waals surface area contributed by atoms with Gasteiger partial charge in [-0.1, -0.05) is 6.92 Å². The zero-order valence-electron chi connectivity index (χ0n) is 10.8. The van der Waals surface area contributed by atoms with E-state index in [1.54, 1.807) is 7.05 Å². The summed E-state index contributed by atoms with van der Waals surface area (Å²) in [6, 6.07) is 1.39. The number of aryl methyl sites for hydroxylation is 1. The molecular formula is C12H19N3O3. The third-order valence-electron chi connectivity index (χ3n) is 2.67. The summed E-state index contributed by atoms with van der Waals surface area (Å²) in [6.07, 6.45) is 3.13. The molecule has 6 nitrogen and oxygen atoms in total. The molecule has 0 spiro atoms. The Balaban J connectivity index is 2.81. The van der Waals surface area contributed by atoms with Crippen molar-refractivity contribution in [1.82, 2.24) is 14.5 Å². The first-order chi connectivity index (χ1) is 8.60. The van der Waals surface area contributed by atoms with Gasteiger partial charge < -0.3 is 9.88 Å². The maximum atomic E-state index is 12.0. The third-order valence-corrected chi connectivity index (χ3v) is 2.67. The summed E-state index contributed by atoms with van der Waals surface area (Å²) in [4.78, 5) is 34.6. The van der Waals surface area contributed by atoms with E-state index in [2.05, 4.69) is 5.32 Å². The maximum absolute atomic E-state index is 12.0. The number of rotatable bonds is 6. The molecule has 1 rings (SSSR count). The van der Waals surface area contributed by atoms with Crippen LogP contribution in [0.1, 0.15) is 26.2 Å². The van der Waals surface area contributed by atoms with E-state index in [0.29, 0.717) is 19.4 Å². The van der Waals surface area contributed by atoms with Crippen LogP contribution in [0.2, 0.25) is 0 Å². The van der Waals surface area contributed by atoms with Crippen molar-refractivity contribution in [2.75, 3.05) is 7.05 Å². The molecule has 0 saturated heterocycles. The van der Waals surface area contributed by atoms with Crippen molar-refractivity contribution < 1.29 is 4.79 Å². The zero-order chi connectivity index (χ0) is 13.5. The van der Waals surface area contributed by atoms with Gasteiger partial charge in [-0.05, 0) is 12.8 Å². The van der Waals surface area contributed by atoms with E-state index in [-0.39, 0.29) is 23.7 Å². The summed E-state index contributed by atoms with van der Waals surface area (Å²) in [5, 5.41) is 2.50. The van der Waals surface area contributed by atoms with Crippen LogP contribution in [0.4, 0.5) is 0 Å². The summed E-state index contributed by atoms with van der Waals surface area (Å²) in [5.41, 5.74) is -0.620. The van der Waals surface area contributed by atoms with Gasteiger partial charge in [0.05, 0.1) is 0 Å². The lowest BCUT2D eigenvalue weighted by atomic mass is 10.3. The second kappa shape index (κ2) is 6.78. The smallest absolute Gasteiger partial charge is 0.330 e. The van der Waals surface area contributed by atoms with Crippen LogP contribution in [0.15, 0.2) is 21.9 Å². The van der Waals surface area contributed by atoms with Crippen LogP contribution < -0.4 is 16.6 Å². The number of carbonyl (C=O) groups excluding carboxylic acids is 1. The lowest BCUT2D eigenvalue weighted by molar-refractivity contribution is -0.120. The van der Waals surface area contributed by atoms with Crippen LogP contribution in [0.5, 0.6) is 0 Å². The summed E-state index contributed by atoms with van der Waals surface area (Å²) in [5.74, 6) is -0.0899. The molecule has 18 heavy (non-hydrogen) atoms. The van der Waals surface area contributed by atoms with Gasteiger partial charge in [-0.2, -0.15) is 0 Å². The minimum absolute atomic E-state index is 0.0899. The second-order valence-electron chi connectivity index (χ2n) is 4.06. The lowest BCUT2D eigenvalue weighted by Crippen LogP contribution is -2.39. The molecular weight excluding hydrogens is 234 g/mol. The molecule has 1 heterocycles. The molecule has 0 radical (unpaired) electrons. The van der Waals surface area contributed by atoms with E-state index < -0.39 is 0 Å². The zero-order valence-corrected chi connectivity index (χ0v) is 10.8. The molecule has 1 N–H and O–H groups in total. The number of nitrogens with one attached hydrogen (secondary N) is 1. The number of nitrogens with zero attached hydrogens (tertiary/aromatic N) is 2. The summed E-state index contributed by atoms with van der Waals surface area (Å²) in [7, 11) is 1.56. The predicted molar refractivity (Wildman–Crippen MR) is 68.6 cm³/mol. The van der Waals surface area contributed by atoms with Crippen molar-refractivity contribution in [3.8, 4) is 0 Å². The van der Waals surface area contributed by atoms with Crippen LogP contribution in [-0.4, -0.2) is 22.1 Å². The van der Waals surface area contributed by atoms with Crippen molar-refractivity contribution >= 4 is 5.91 Å². The highest BCUT2D eigenvalue weighted by Crippen LogP contribution is 1.91. The van der Waals surface area contributed by atoms with Crippen molar-refractivity contribution in [1.29, 1.82) is 0 Å². The summed E-state index contributed by atoms with van der Waals surface area (Å²) >= 11 is 0. The first kappa shape index (κ1) is 14.2. The Morgan fingerprint density at radius 1 is 1.33 bits per heavy atom. The highest BCUT2D eigenvalue weighted by molar-refractivity contribution is 5.75. The van der Waals surface area contributed by atoms with Crippen LogP contribution in [0.25, 0.3) is 0 Å². The van der Waals surface area contributed by atoms with Gasteiger partial charge in [0, 0.05) is 38.8 Å². The minimum atomic E-state index is -0.316. The van der Waals surface area contributed by atoms with E-state index >= 15 is 0 Å². The van der Waals surface area contributed by atoms with Gasteiger partial charge in [0.15, 0.2) is 0 Å². The topological polar surface area (TPSA) is 73.1 Å². The molecule has 0 aromatic carbocycles. The van der Waals surface area contributed by atoms with Gasteiger partial charge in [0.25, 0.3) is 5.56 Å². The number of aromatic nitrogens is 2. The van der Waals surface area contributed by atoms with Crippen molar-refractivity contribution in [3.05, 3.63) is 33.1 Å². The lowest BCUT2D eigenvalue weighted by Gasteiger charge is -2.08. The van der Waals surface area contributed by atoms with Crippen molar-refractivity contribution in [2.24, 2.45) is 0 Å². The highest BCUT2D eigenvalue weighted by atomic mass is 16.2. The molecule has 0 aliphatic carbocycles. The normalized spacial score (nSPS) is 10.3. The molecule has 0 fully saturated rings. The van der Waals surface area contributed by atoms with E-state index in [1.807, 2.05) is 6.92 Å². The minimum Gasteiger partial charge on any atom is -0.359 e. The van der Waals surface area contributed by atoms with E-state index in [9.17, 15) is 14.4 Å². The van der Waals surface area contributed by atoms with Crippen LogP contribution in [0, 0.1) is 0 Å². The largest absolute Gasteiger partial charge is 0.359 e. The molecule has 0 aliphatic heterocycles. The number of hydrogen-bond donors (Lipinski definition) is 1. The van der Waals surface area contributed by atoms with Gasteiger partial charge in [-0.15, -0.1) is 0 Å². The molecule has 0 unspecified atom stereocenters. The third kappa shape index (κ3) is 3.58. The molecule has 6 heteroatoms.